The number of ether oxygens (including phenoxy) is 2. The highest BCUT2D eigenvalue weighted by atomic mass is 16.5. The minimum atomic E-state index is -0.748. The van der Waals surface area contributed by atoms with Crippen LogP contribution in [0.4, 0.5) is 5.69 Å². The maximum Gasteiger partial charge on any atom is 0.119 e. The molecule has 0 aliphatic rings. The van der Waals surface area contributed by atoms with Crippen LogP contribution in [-0.2, 0) is 11.3 Å². The Morgan fingerprint density at radius 1 is 1.15 bits per heavy atom. The highest BCUT2D eigenvalue weighted by Gasteiger charge is 2.11. The molecular formula is C16H19NO3. The summed E-state index contributed by atoms with van der Waals surface area (Å²) < 4.78 is 10.7. The molecule has 2 aromatic carbocycles. The molecule has 0 amide bonds. The van der Waals surface area contributed by atoms with Crippen LogP contribution in [0.2, 0.25) is 0 Å². The van der Waals surface area contributed by atoms with Gasteiger partial charge >= 0.3 is 0 Å². The SMILES string of the molecule is COCc1cccc(OCC(O)c2ccccc2N)c1. The van der Waals surface area contributed by atoms with Crippen molar-refractivity contribution in [1.82, 2.24) is 0 Å². The first-order valence-electron chi connectivity index (χ1n) is 6.44. The van der Waals surface area contributed by atoms with Crippen LogP contribution in [0.3, 0.4) is 0 Å². The highest BCUT2D eigenvalue weighted by molar-refractivity contribution is 5.47. The maximum atomic E-state index is 10.1. The fourth-order valence-corrected chi connectivity index (χ4v) is 1.97. The molecule has 0 aliphatic carbocycles. The van der Waals surface area contributed by atoms with Crippen LogP contribution in [0.5, 0.6) is 5.75 Å². The molecule has 1 atom stereocenters. The van der Waals surface area contributed by atoms with Gasteiger partial charge in [0.05, 0.1) is 6.61 Å². The third-order valence-corrected chi connectivity index (χ3v) is 2.97. The second-order valence-electron chi connectivity index (χ2n) is 4.54. The number of hydrogen-bond acceptors (Lipinski definition) is 4. The summed E-state index contributed by atoms with van der Waals surface area (Å²) in [5.41, 5.74) is 8.10. The van der Waals surface area contributed by atoms with Crippen molar-refractivity contribution in [2.24, 2.45) is 0 Å². The number of hydrogen-bond donors (Lipinski definition) is 2. The predicted molar refractivity (Wildman–Crippen MR) is 78.5 cm³/mol. The molecule has 0 bridgehead atoms. The van der Waals surface area contributed by atoms with Crippen LogP contribution in [0.1, 0.15) is 17.2 Å². The quantitative estimate of drug-likeness (QED) is 0.794. The van der Waals surface area contributed by atoms with E-state index in [1.807, 2.05) is 36.4 Å². The summed E-state index contributed by atoms with van der Waals surface area (Å²) in [6.45, 7) is 0.691. The van der Waals surface area contributed by atoms with Crippen LogP contribution in [0, 0.1) is 0 Å². The van der Waals surface area contributed by atoms with Gasteiger partial charge < -0.3 is 20.3 Å². The van der Waals surface area contributed by atoms with Gasteiger partial charge in [0.1, 0.15) is 18.5 Å². The van der Waals surface area contributed by atoms with E-state index < -0.39 is 6.10 Å². The predicted octanol–water partition coefficient (Wildman–Crippen LogP) is 2.53. The minimum Gasteiger partial charge on any atom is -0.491 e. The Kier molecular flexibility index (Phi) is 4.98. The van der Waals surface area contributed by atoms with Gasteiger partial charge in [-0.1, -0.05) is 30.3 Å². The van der Waals surface area contributed by atoms with Crippen LogP contribution >= 0.6 is 0 Å². The first-order valence-corrected chi connectivity index (χ1v) is 6.44. The van der Waals surface area contributed by atoms with Gasteiger partial charge in [-0.05, 0) is 23.8 Å². The van der Waals surface area contributed by atoms with E-state index >= 15 is 0 Å². The third-order valence-electron chi connectivity index (χ3n) is 2.97. The van der Waals surface area contributed by atoms with E-state index in [4.69, 9.17) is 15.2 Å². The average Bonchev–Trinajstić information content (AvgIpc) is 2.46. The van der Waals surface area contributed by atoms with Crippen LogP contribution < -0.4 is 10.5 Å². The molecule has 20 heavy (non-hydrogen) atoms. The van der Waals surface area contributed by atoms with E-state index in [0.29, 0.717) is 23.6 Å². The summed E-state index contributed by atoms with van der Waals surface area (Å²) >= 11 is 0. The fourth-order valence-electron chi connectivity index (χ4n) is 1.97. The van der Waals surface area contributed by atoms with E-state index in [-0.39, 0.29) is 6.61 Å². The topological polar surface area (TPSA) is 64.7 Å². The number of anilines is 1. The largest absolute Gasteiger partial charge is 0.491 e. The Hall–Kier alpha value is -2.04. The van der Waals surface area contributed by atoms with Gasteiger partial charge in [-0.3, -0.25) is 0 Å². The van der Waals surface area contributed by atoms with Gasteiger partial charge in [0.25, 0.3) is 0 Å². The molecule has 0 aliphatic heterocycles. The Balaban J connectivity index is 1.98. The van der Waals surface area contributed by atoms with Crippen molar-refractivity contribution < 1.29 is 14.6 Å². The number of nitrogens with two attached hydrogens (primary N) is 1. The first kappa shape index (κ1) is 14.4. The van der Waals surface area contributed by atoms with Crippen molar-refractivity contribution >= 4 is 5.69 Å². The summed E-state index contributed by atoms with van der Waals surface area (Å²) in [4.78, 5) is 0. The van der Waals surface area contributed by atoms with Crippen molar-refractivity contribution in [3.05, 3.63) is 59.7 Å². The molecule has 0 radical (unpaired) electrons. The number of aliphatic hydroxyl groups excluding tert-OH is 1. The lowest BCUT2D eigenvalue weighted by Crippen LogP contribution is -2.11. The van der Waals surface area contributed by atoms with Gasteiger partial charge in [0.15, 0.2) is 0 Å². The lowest BCUT2D eigenvalue weighted by atomic mass is 10.1. The Bertz CT molecular complexity index is 557. The number of aliphatic hydroxyl groups is 1. The van der Waals surface area contributed by atoms with E-state index in [0.717, 1.165) is 5.56 Å². The summed E-state index contributed by atoms with van der Waals surface area (Å²) in [5.74, 6) is 0.702. The zero-order valence-electron chi connectivity index (χ0n) is 11.5. The minimum absolute atomic E-state index is 0.157. The van der Waals surface area contributed by atoms with Gasteiger partial charge in [0.2, 0.25) is 0 Å². The Morgan fingerprint density at radius 2 is 1.95 bits per heavy atom. The molecule has 0 aromatic heterocycles. The van der Waals surface area contributed by atoms with E-state index in [2.05, 4.69) is 0 Å². The van der Waals surface area contributed by atoms with Crippen molar-refractivity contribution in [2.75, 3.05) is 19.5 Å². The molecule has 0 spiro atoms. The van der Waals surface area contributed by atoms with Crippen molar-refractivity contribution in [1.29, 1.82) is 0 Å². The molecular weight excluding hydrogens is 254 g/mol. The average molecular weight is 273 g/mol. The highest BCUT2D eigenvalue weighted by Crippen LogP contribution is 2.21. The van der Waals surface area contributed by atoms with E-state index in [9.17, 15) is 5.11 Å². The standard InChI is InChI=1S/C16H19NO3/c1-19-10-12-5-4-6-13(9-12)20-11-16(18)14-7-2-3-8-15(14)17/h2-9,16,18H,10-11,17H2,1H3. The number of nitrogen functional groups attached to an aromatic ring is 1. The van der Waals surface area contributed by atoms with Crippen molar-refractivity contribution in [3.63, 3.8) is 0 Å². The number of benzene rings is 2. The molecule has 4 nitrogen and oxygen atoms in total. The normalized spacial score (nSPS) is 12.1. The summed E-state index contributed by atoms with van der Waals surface area (Å²) in [6, 6.07) is 14.8. The Morgan fingerprint density at radius 3 is 2.70 bits per heavy atom. The summed E-state index contributed by atoms with van der Waals surface area (Å²) in [6.07, 6.45) is -0.748. The van der Waals surface area contributed by atoms with Crippen LogP contribution in [-0.4, -0.2) is 18.8 Å². The smallest absolute Gasteiger partial charge is 0.119 e. The monoisotopic (exact) mass is 273 g/mol. The molecule has 2 aromatic rings. The zero-order valence-corrected chi connectivity index (χ0v) is 11.5. The van der Waals surface area contributed by atoms with Crippen LogP contribution in [0.25, 0.3) is 0 Å². The van der Waals surface area contributed by atoms with Gasteiger partial charge in [0, 0.05) is 18.4 Å². The second-order valence-corrected chi connectivity index (χ2v) is 4.54. The van der Waals surface area contributed by atoms with Gasteiger partial charge in [-0.15, -0.1) is 0 Å². The van der Waals surface area contributed by atoms with Gasteiger partial charge in [-0.2, -0.15) is 0 Å². The lowest BCUT2D eigenvalue weighted by molar-refractivity contribution is 0.108. The fraction of sp³-hybridized carbons (Fsp3) is 0.250. The maximum absolute atomic E-state index is 10.1. The molecule has 106 valence electrons. The van der Waals surface area contributed by atoms with Crippen LogP contribution in [0.15, 0.2) is 48.5 Å². The Labute approximate surface area is 118 Å². The van der Waals surface area contributed by atoms with Crippen molar-refractivity contribution in [2.45, 2.75) is 12.7 Å². The van der Waals surface area contributed by atoms with Gasteiger partial charge in [-0.25, -0.2) is 0 Å². The molecule has 0 saturated heterocycles. The lowest BCUT2D eigenvalue weighted by Gasteiger charge is -2.15. The third kappa shape index (κ3) is 3.73. The number of para-hydroxylation sites is 1. The number of rotatable bonds is 6. The molecule has 0 heterocycles. The number of methoxy groups -OCH3 is 1. The van der Waals surface area contributed by atoms with E-state index in [1.165, 1.54) is 0 Å². The molecule has 2 rings (SSSR count). The summed E-state index contributed by atoms with van der Waals surface area (Å²) in [7, 11) is 1.65. The molecule has 0 fully saturated rings. The van der Waals surface area contributed by atoms with Crippen molar-refractivity contribution in [3.8, 4) is 5.75 Å². The molecule has 1 unspecified atom stereocenters. The molecule has 4 heteroatoms. The first-order chi connectivity index (χ1) is 9.70. The molecule has 3 N–H and O–H groups in total. The molecule has 0 saturated carbocycles. The van der Waals surface area contributed by atoms with E-state index in [1.54, 1.807) is 19.2 Å². The second kappa shape index (κ2) is 6.93. The zero-order chi connectivity index (χ0) is 14.4. The summed E-state index contributed by atoms with van der Waals surface area (Å²) in [5, 5.41) is 10.1.